The fourth-order valence-electron chi connectivity index (χ4n) is 1.51. The molecule has 1 N–H and O–H groups in total. The zero-order valence-electron chi connectivity index (χ0n) is 10.5. The highest BCUT2D eigenvalue weighted by Crippen LogP contribution is 2.23. The summed E-state index contributed by atoms with van der Waals surface area (Å²) in [5, 5.41) is 0. The predicted octanol–water partition coefficient (Wildman–Crippen LogP) is 3.38. The van der Waals surface area contributed by atoms with Crippen LogP contribution in [0.25, 0.3) is 0 Å². The number of halogens is 4. The lowest BCUT2D eigenvalue weighted by Gasteiger charge is -2.12. The Morgan fingerprint density at radius 1 is 1.20 bits per heavy atom. The van der Waals surface area contributed by atoms with Crippen LogP contribution in [0.1, 0.15) is 23.2 Å². The Labute approximate surface area is 124 Å². The minimum absolute atomic E-state index is 0.0956. The maximum atomic E-state index is 11.9. The first kappa shape index (κ1) is 17.5. The van der Waals surface area contributed by atoms with Crippen molar-refractivity contribution in [3.05, 3.63) is 35.9 Å². The third-order valence-electron chi connectivity index (χ3n) is 2.52. The number of hydrogen-bond acceptors (Lipinski definition) is 2. The van der Waals surface area contributed by atoms with E-state index in [-0.39, 0.29) is 11.4 Å². The Bertz CT molecular complexity index is 505. The van der Waals surface area contributed by atoms with Crippen LogP contribution in [0, 0.1) is 0 Å². The van der Waals surface area contributed by atoms with E-state index in [1.165, 1.54) is 0 Å². The predicted molar refractivity (Wildman–Crippen MR) is 75.2 cm³/mol. The molecule has 0 radical (unpaired) electrons. The number of benzene rings is 1. The van der Waals surface area contributed by atoms with Crippen LogP contribution in [0.5, 0.6) is 0 Å². The van der Waals surface area contributed by atoms with Crippen LogP contribution in [0.2, 0.25) is 0 Å². The van der Waals surface area contributed by atoms with Crippen LogP contribution in [0.3, 0.4) is 0 Å². The van der Waals surface area contributed by atoms with Crippen molar-refractivity contribution in [3.8, 4) is 0 Å². The molecule has 0 heterocycles. The maximum absolute atomic E-state index is 11.9. The van der Waals surface area contributed by atoms with E-state index in [0.717, 1.165) is 5.56 Å². The summed E-state index contributed by atoms with van der Waals surface area (Å²) in [7, 11) is -3.69. The highest BCUT2D eigenvalue weighted by molar-refractivity contribution is 9.09. The molecule has 1 rings (SSSR count). The molecule has 0 bridgehead atoms. The molecule has 0 aliphatic heterocycles. The number of nitrogens with one attached hydrogen (secondary N) is 1. The van der Waals surface area contributed by atoms with Crippen LogP contribution in [0.15, 0.2) is 30.3 Å². The van der Waals surface area contributed by atoms with Gasteiger partial charge in [0, 0.05) is 13.0 Å². The number of sulfonamides is 1. The van der Waals surface area contributed by atoms with Crippen LogP contribution >= 0.6 is 15.9 Å². The van der Waals surface area contributed by atoms with Gasteiger partial charge in [0.05, 0.1) is 10.6 Å². The van der Waals surface area contributed by atoms with E-state index < -0.39 is 34.8 Å². The Kier molecular flexibility index (Phi) is 6.47. The van der Waals surface area contributed by atoms with Crippen LogP contribution < -0.4 is 4.72 Å². The number of hydrogen-bond donors (Lipinski definition) is 1. The number of rotatable bonds is 7. The molecular weight excluding hydrogens is 359 g/mol. The van der Waals surface area contributed by atoms with Gasteiger partial charge in [0.25, 0.3) is 0 Å². The SMILES string of the molecule is O=S(=O)(CCCC(F)(F)F)NCC(Br)c1ccccc1. The second kappa shape index (κ2) is 7.42. The van der Waals surface area contributed by atoms with E-state index in [4.69, 9.17) is 0 Å². The van der Waals surface area contributed by atoms with Gasteiger partial charge in [-0.3, -0.25) is 0 Å². The lowest BCUT2D eigenvalue weighted by Crippen LogP contribution is -2.29. The molecule has 0 aliphatic rings. The molecular formula is C12H15BrF3NO2S. The molecule has 0 aromatic heterocycles. The average Bonchev–Trinajstić information content (AvgIpc) is 2.35. The Balaban J connectivity index is 2.40. The highest BCUT2D eigenvalue weighted by Gasteiger charge is 2.27. The van der Waals surface area contributed by atoms with Gasteiger partial charge in [0.15, 0.2) is 0 Å². The van der Waals surface area contributed by atoms with Crippen LogP contribution in [-0.2, 0) is 10.0 Å². The summed E-state index contributed by atoms with van der Waals surface area (Å²) in [6.07, 6.45) is -5.85. The van der Waals surface area contributed by atoms with Crippen LogP contribution in [-0.4, -0.2) is 26.9 Å². The molecule has 1 aromatic carbocycles. The van der Waals surface area contributed by atoms with Gasteiger partial charge in [-0.2, -0.15) is 13.2 Å². The van der Waals surface area contributed by atoms with Gasteiger partial charge in [0.1, 0.15) is 0 Å². The molecule has 1 unspecified atom stereocenters. The normalized spacial score (nSPS) is 14.2. The second-order valence-corrected chi connectivity index (χ2v) is 7.30. The third-order valence-corrected chi connectivity index (χ3v) is 4.80. The monoisotopic (exact) mass is 373 g/mol. The van der Waals surface area contributed by atoms with Crippen molar-refractivity contribution in [3.63, 3.8) is 0 Å². The first-order valence-electron chi connectivity index (χ1n) is 5.93. The molecule has 1 aromatic rings. The first-order chi connectivity index (χ1) is 9.20. The summed E-state index contributed by atoms with van der Waals surface area (Å²) in [4.78, 5) is -0.221. The summed E-state index contributed by atoms with van der Waals surface area (Å²) in [5.41, 5.74) is 0.894. The van der Waals surface area contributed by atoms with Crippen molar-refractivity contribution in [2.24, 2.45) is 0 Å². The largest absolute Gasteiger partial charge is 0.389 e. The lowest BCUT2D eigenvalue weighted by atomic mass is 10.2. The molecule has 8 heteroatoms. The Hall–Kier alpha value is -0.600. The zero-order valence-corrected chi connectivity index (χ0v) is 12.9. The van der Waals surface area contributed by atoms with E-state index in [1.807, 2.05) is 30.3 Å². The smallest absolute Gasteiger partial charge is 0.214 e. The topological polar surface area (TPSA) is 46.2 Å². The third kappa shape index (κ3) is 7.25. The van der Waals surface area contributed by atoms with Gasteiger partial charge in [-0.25, -0.2) is 13.1 Å². The molecule has 0 saturated carbocycles. The fourth-order valence-corrected chi connectivity index (χ4v) is 3.29. The Morgan fingerprint density at radius 2 is 1.80 bits per heavy atom. The van der Waals surface area contributed by atoms with Crippen LogP contribution in [0.4, 0.5) is 13.2 Å². The lowest BCUT2D eigenvalue weighted by molar-refractivity contribution is -0.134. The summed E-state index contributed by atoms with van der Waals surface area (Å²) < 4.78 is 61.2. The van der Waals surface area contributed by atoms with Gasteiger partial charge in [0.2, 0.25) is 10.0 Å². The van der Waals surface area contributed by atoms with E-state index in [0.29, 0.717) is 0 Å². The summed E-state index contributed by atoms with van der Waals surface area (Å²) >= 11 is 3.33. The first-order valence-corrected chi connectivity index (χ1v) is 8.49. The van der Waals surface area contributed by atoms with Crippen molar-refractivity contribution < 1.29 is 21.6 Å². The van der Waals surface area contributed by atoms with E-state index in [1.54, 1.807) is 0 Å². The Morgan fingerprint density at radius 3 is 2.35 bits per heavy atom. The van der Waals surface area contributed by atoms with Gasteiger partial charge in [-0.15, -0.1) is 0 Å². The van der Waals surface area contributed by atoms with Gasteiger partial charge in [-0.1, -0.05) is 46.3 Å². The fraction of sp³-hybridized carbons (Fsp3) is 0.500. The molecule has 114 valence electrons. The standard InChI is InChI=1S/C12H15BrF3NO2S/c13-11(10-5-2-1-3-6-10)9-17-20(18,19)8-4-7-12(14,15)16/h1-3,5-6,11,17H,4,7-9H2. The summed E-state index contributed by atoms with van der Waals surface area (Å²) in [6, 6.07) is 9.14. The van der Waals surface area contributed by atoms with Crippen molar-refractivity contribution in [2.75, 3.05) is 12.3 Å². The molecule has 0 spiro atoms. The van der Waals surface area contributed by atoms with Gasteiger partial charge in [-0.05, 0) is 12.0 Å². The zero-order chi connectivity index (χ0) is 15.2. The number of alkyl halides is 4. The van der Waals surface area contributed by atoms with Crippen molar-refractivity contribution in [1.82, 2.24) is 4.72 Å². The van der Waals surface area contributed by atoms with Crippen molar-refractivity contribution in [1.29, 1.82) is 0 Å². The molecule has 20 heavy (non-hydrogen) atoms. The average molecular weight is 374 g/mol. The quantitative estimate of drug-likeness (QED) is 0.744. The minimum Gasteiger partial charge on any atom is -0.214 e. The maximum Gasteiger partial charge on any atom is 0.389 e. The molecule has 0 amide bonds. The van der Waals surface area contributed by atoms with Crippen molar-refractivity contribution in [2.45, 2.75) is 23.8 Å². The van der Waals surface area contributed by atoms with Gasteiger partial charge >= 0.3 is 6.18 Å². The summed E-state index contributed by atoms with van der Waals surface area (Å²) in [5.74, 6) is -0.527. The van der Waals surface area contributed by atoms with E-state index in [9.17, 15) is 21.6 Å². The molecule has 1 atom stereocenters. The van der Waals surface area contributed by atoms with E-state index >= 15 is 0 Å². The van der Waals surface area contributed by atoms with Gasteiger partial charge < -0.3 is 0 Å². The summed E-state index contributed by atoms with van der Waals surface area (Å²) in [6.45, 7) is 0.0956. The second-order valence-electron chi connectivity index (χ2n) is 4.26. The molecule has 0 saturated heterocycles. The van der Waals surface area contributed by atoms with Crippen molar-refractivity contribution >= 4 is 26.0 Å². The molecule has 0 fully saturated rings. The minimum atomic E-state index is -4.32. The highest BCUT2D eigenvalue weighted by atomic mass is 79.9. The van der Waals surface area contributed by atoms with E-state index in [2.05, 4.69) is 20.7 Å². The molecule has 3 nitrogen and oxygen atoms in total. The molecule has 0 aliphatic carbocycles.